The van der Waals surface area contributed by atoms with Crippen LogP contribution in [0.1, 0.15) is 32.3 Å². The maximum Gasteiger partial charge on any atom is 0.231 e. The molecule has 2 aliphatic rings. The standard InChI is InChI=1S/C18H28N4O2.HI/c1-4-19-18(20-10-13(2)22(3)15-6-7-15)21-11-14-5-8-16-17(9-14)24-12-23-16;/h5,8-9,13,15H,4,6-7,10-12H2,1-3H3,(H2,19,20,21);1H. The number of nitrogens with one attached hydrogen (secondary N) is 2. The zero-order valence-electron chi connectivity index (χ0n) is 15.2. The number of guanidine groups is 1. The van der Waals surface area contributed by atoms with Gasteiger partial charge in [-0.05, 0) is 51.4 Å². The van der Waals surface area contributed by atoms with Crippen LogP contribution in [0.3, 0.4) is 0 Å². The van der Waals surface area contributed by atoms with Gasteiger partial charge >= 0.3 is 0 Å². The van der Waals surface area contributed by atoms with E-state index in [9.17, 15) is 0 Å². The molecule has 25 heavy (non-hydrogen) atoms. The van der Waals surface area contributed by atoms with E-state index in [2.05, 4.69) is 41.4 Å². The van der Waals surface area contributed by atoms with E-state index in [1.807, 2.05) is 18.2 Å². The summed E-state index contributed by atoms with van der Waals surface area (Å²) in [5.74, 6) is 2.47. The first-order valence-corrected chi connectivity index (χ1v) is 8.80. The molecule has 7 heteroatoms. The Labute approximate surface area is 167 Å². The van der Waals surface area contributed by atoms with Crippen molar-refractivity contribution >= 4 is 29.9 Å². The summed E-state index contributed by atoms with van der Waals surface area (Å²) < 4.78 is 10.8. The first-order chi connectivity index (χ1) is 11.7. The minimum atomic E-state index is 0. The predicted octanol–water partition coefficient (Wildman–Crippen LogP) is 2.57. The van der Waals surface area contributed by atoms with Gasteiger partial charge in [0, 0.05) is 25.2 Å². The Balaban J connectivity index is 0.00000225. The van der Waals surface area contributed by atoms with Crippen LogP contribution in [-0.2, 0) is 6.54 Å². The van der Waals surface area contributed by atoms with Crippen molar-refractivity contribution in [1.29, 1.82) is 0 Å². The van der Waals surface area contributed by atoms with Gasteiger partial charge in [-0.25, -0.2) is 4.99 Å². The molecule has 1 fully saturated rings. The minimum Gasteiger partial charge on any atom is -0.454 e. The molecule has 6 nitrogen and oxygen atoms in total. The molecule has 1 aliphatic heterocycles. The number of fused-ring (bicyclic) bond motifs is 1. The van der Waals surface area contributed by atoms with Crippen LogP contribution in [0.4, 0.5) is 0 Å². The van der Waals surface area contributed by atoms with E-state index in [1.54, 1.807) is 0 Å². The van der Waals surface area contributed by atoms with Crippen LogP contribution in [-0.4, -0.2) is 49.9 Å². The second-order valence-electron chi connectivity index (χ2n) is 6.51. The third kappa shape index (κ3) is 5.64. The molecule has 0 amide bonds. The number of rotatable bonds is 7. The number of benzene rings is 1. The third-order valence-electron chi connectivity index (χ3n) is 4.58. The summed E-state index contributed by atoms with van der Waals surface area (Å²) in [4.78, 5) is 7.13. The molecular formula is C18H29IN4O2. The molecule has 1 saturated carbocycles. The number of hydrogen-bond acceptors (Lipinski definition) is 4. The predicted molar refractivity (Wildman–Crippen MR) is 111 cm³/mol. The van der Waals surface area contributed by atoms with Crippen LogP contribution < -0.4 is 20.1 Å². The summed E-state index contributed by atoms with van der Waals surface area (Å²) in [6, 6.07) is 7.24. The SMILES string of the molecule is CCNC(=NCc1ccc2c(c1)OCO2)NCC(C)N(C)C1CC1.I. The van der Waals surface area contributed by atoms with Gasteiger partial charge in [0.25, 0.3) is 0 Å². The summed E-state index contributed by atoms with van der Waals surface area (Å²) in [6.07, 6.45) is 2.66. The molecule has 1 aliphatic carbocycles. The summed E-state index contributed by atoms with van der Waals surface area (Å²) in [5, 5.41) is 6.76. The summed E-state index contributed by atoms with van der Waals surface area (Å²) in [7, 11) is 2.21. The number of aliphatic imine (C=N–C) groups is 1. The van der Waals surface area contributed by atoms with Crippen LogP contribution in [0, 0.1) is 0 Å². The lowest BCUT2D eigenvalue weighted by molar-refractivity contribution is 0.174. The van der Waals surface area contributed by atoms with Crippen molar-refractivity contribution in [3.8, 4) is 11.5 Å². The Morgan fingerprint density at radius 1 is 1.28 bits per heavy atom. The van der Waals surface area contributed by atoms with Gasteiger partial charge in [0.15, 0.2) is 17.5 Å². The van der Waals surface area contributed by atoms with Gasteiger partial charge < -0.3 is 20.1 Å². The Hall–Kier alpha value is -1.22. The molecule has 1 heterocycles. The molecule has 1 aromatic carbocycles. The van der Waals surface area contributed by atoms with Gasteiger partial charge in [0.2, 0.25) is 6.79 Å². The van der Waals surface area contributed by atoms with Crippen molar-refractivity contribution < 1.29 is 9.47 Å². The third-order valence-corrected chi connectivity index (χ3v) is 4.58. The highest BCUT2D eigenvalue weighted by molar-refractivity contribution is 14.0. The van der Waals surface area contributed by atoms with Crippen LogP contribution in [0.25, 0.3) is 0 Å². The highest BCUT2D eigenvalue weighted by Crippen LogP contribution is 2.32. The van der Waals surface area contributed by atoms with Crippen molar-refractivity contribution in [3.63, 3.8) is 0 Å². The largest absolute Gasteiger partial charge is 0.454 e. The molecule has 0 radical (unpaired) electrons. The first kappa shape index (κ1) is 20.1. The van der Waals surface area contributed by atoms with E-state index in [0.29, 0.717) is 19.4 Å². The van der Waals surface area contributed by atoms with Crippen molar-refractivity contribution in [2.75, 3.05) is 26.9 Å². The average Bonchev–Trinajstić information content (AvgIpc) is 3.34. The zero-order valence-corrected chi connectivity index (χ0v) is 17.6. The maximum atomic E-state index is 5.42. The van der Waals surface area contributed by atoms with Crippen molar-refractivity contribution in [1.82, 2.24) is 15.5 Å². The second-order valence-corrected chi connectivity index (χ2v) is 6.51. The molecule has 0 saturated heterocycles. The number of nitrogens with zero attached hydrogens (tertiary/aromatic N) is 2. The molecule has 2 N–H and O–H groups in total. The topological polar surface area (TPSA) is 58.1 Å². The molecular weight excluding hydrogens is 431 g/mol. The smallest absolute Gasteiger partial charge is 0.231 e. The van der Waals surface area contributed by atoms with Gasteiger partial charge in [0.1, 0.15) is 0 Å². The normalized spacial score (nSPS) is 17.2. The molecule has 3 rings (SSSR count). The Bertz CT molecular complexity index is 592. The summed E-state index contributed by atoms with van der Waals surface area (Å²) in [6.45, 7) is 6.99. The monoisotopic (exact) mass is 460 g/mol. The van der Waals surface area contributed by atoms with Gasteiger partial charge in [0.05, 0.1) is 6.54 Å². The maximum absolute atomic E-state index is 5.42. The average molecular weight is 460 g/mol. The fourth-order valence-electron chi connectivity index (χ4n) is 2.78. The van der Waals surface area contributed by atoms with E-state index in [4.69, 9.17) is 9.47 Å². The number of ether oxygens (including phenoxy) is 2. The van der Waals surface area contributed by atoms with Gasteiger partial charge in [-0.1, -0.05) is 6.07 Å². The molecule has 0 spiro atoms. The van der Waals surface area contributed by atoms with Crippen LogP contribution >= 0.6 is 24.0 Å². The van der Waals surface area contributed by atoms with Gasteiger partial charge in [-0.2, -0.15) is 0 Å². The molecule has 1 unspecified atom stereocenters. The van der Waals surface area contributed by atoms with Crippen molar-refractivity contribution in [3.05, 3.63) is 23.8 Å². The van der Waals surface area contributed by atoms with E-state index < -0.39 is 0 Å². The summed E-state index contributed by atoms with van der Waals surface area (Å²) >= 11 is 0. The summed E-state index contributed by atoms with van der Waals surface area (Å²) in [5.41, 5.74) is 1.11. The quantitative estimate of drug-likeness (QED) is 0.372. The Kier molecular flexibility index (Phi) is 7.61. The van der Waals surface area contributed by atoms with E-state index >= 15 is 0 Å². The zero-order chi connectivity index (χ0) is 16.9. The Morgan fingerprint density at radius 2 is 2.04 bits per heavy atom. The van der Waals surface area contributed by atoms with E-state index in [-0.39, 0.29) is 24.0 Å². The lowest BCUT2D eigenvalue weighted by atomic mass is 10.2. The Morgan fingerprint density at radius 3 is 2.76 bits per heavy atom. The number of likely N-dealkylation sites (N-methyl/N-ethyl adjacent to an activating group) is 1. The van der Waals surface area contributed by atoms with Crippen molar-refractivity contribution in [2.45, 2.75) is 45.3 Å². The van der Waals surface area contributed by atoms with Gasteiger partial charge in [-0.3, -0.25) is 4.90 Å². The van der Waals surface area contributed by atoms with Crippen LogP contribution in [0.15, 0.2) is 23.2 Å². The lowest BCUT2D eigenvalue weighted by Gasteiger charge is -2.25. The minimum absolute atomic E-state index is 0. The second kappa shape index (κ2) is 9.47. The fourth-order valence-corrected chi connectivity index (χ4v) is 2.78. The molecule has 1 aromatic rings. The fraction of sp³-hybridized carbons (Fsp3) is 0.611. The highest BCUT2D eigenvalue weighted by atomic mass is 127. The van der Waals surface area contributed by atoms with E-state index in [1.165, 1.54) is 12.8 Å². The highest BCUT2D eigenvalue weighted by Gasteiger charge is 2.28. The van der Waals surface area contributed by atoms with Crippen LogP contribution in [0.5, 0.6) is 11.5 Å². The lowest BCUT2D eigenvalue weighted by Crippen LogP contribution is -2.45. The molecule has 1 atom stereocenters. The van der Waals surface area contributed by atoms with E-state index in [0.717, 1.165) is 42.2 Å². The van der Waals surface area contributed by atoms with Crippen molar-refractivity contribution in [2.24, 2.45) is 4.99 Å². The molecule has 0 aromatic heterocycles. The molecule has 0 bridgehead atoms. The first-order valence-electron chi connectivity index (χ1n) is 8.80. The number of halogens is 1. The molecule has 140 valence electrons. The number of hydrogen-bond donors (Lipinski definition) is 2. The van der Waals surface area contributed by atoms with Gasteiger partial charge in [-0.15, -0.1) is 24.0 Å². The van der Waals surface area contributed by atoms with Crippen LogP contribution in [0.2, 0.25) is 0 Å².